The molecule has 100 valence electrons. The molecule has 1 fully saturated rings. The Morgan fingerprint density at radius 1 is 1.39 bits per heavy atom. The van der Waals surface area contributed by atoms with Crippen molar-refractivity contribution in [3.63, 3.8) is 0 Å². The quantitative estimate of drug-likeness (QED) is 0.790. The van der Waals surface area contributed by atoms with Gasteiger partial charge in [0.15, 0.2) is 0 Å². The average Bonchev–Trinajstić information content (AvgIpc) is 2.37. The lowest BCUT2D eigenvalue weighted by atomic mass is 9.80. The summed E-state index contributed by atoms with van der Waals surface area (Å²) < 4.78 is 0. The standard InChI is InChI=1S/C16H26N2/c1-3-10-17-15(12-13-7-5-8-13)16-14(4-2)9-6-11-18-16/h6,9,11,13,15,17H,3-5,7-8,10,12H2,1-2H3. The van der Waals surface area contributed by atoms with Gasteiger partial charge in [-0.3, -0.25) is 4.98 Å². The third kappa shape index (κ3) is 3.32. The van der Waals surface area contributed by atoms with E-state index in [4.69, 9.17) is 0 Å². The number of aryl methyl sites for hydroxylation is 1. The molecule has 1 aromatic rings. The van der Waals surface area contributed by atoms with Crippen LogP contribution in [0.1, 0.15) is 63.3 Å². The Labute approximate surface area is 111 Å². The van der Waals surface area contributed by atoms with Crippen LogP contribution in [0.2, 0.25) is 0 Å². The van der Waals surface area contributed by atoms with Gasteiger partial charge in [-0.15, -0.1) is 0 Å². The molecule has 2 heteroatoms. The molecule has 1 N–H and O–H groups in total. The fraction of sp³-hybridized carbons (Fsp3) is 0.688. The molecular formula is C16H26N2. The lowest BCUT2D eigenvalue weighted by Crippen LogP contribution is -2.28. The number of nitrogens with zero attached hydrogens (tertiary/aromatic N) is 1. The molecule has 1 atom stereocenters. The molecule has 18 heavy (non-hydrogen) atoms. The highest BCUT2D eigenvalue weighted by Crippen LogP contribution is 2.35. The van der Waals surface area contributed by atoms with Gasteiger partial charge in [-0.2, -0.15) is 0 Å². The van der Waals surface area contributed by atoms with Gasteiger partial charge in [0.05, 0.1) is 11.7 Å². The van der Waals surface area contributed by atoms with Crippen molar-refractivity contribution >= 4 is 0 Å². The molecule has 0 radical (unpaired) electrons. The van der Waals surface area contributed by atoms with Crippen LogP contribution in [0.15, 0.2) is 18.3 Å². The van der Waals surface area contributed by atoms with Gasteiger partial charge in [0, 0.05) is 6.20 Å². The fourth-order valence-corrected chi connectivity index (χ4v) is 2.74. The van der Waals surface area contributed by atoms with Crippen LogP contribution in [0.25, 0.3) is 0 Å². The number of rotatable bonds is 7. The van der Waals surface area contributed by atoms with Gasteiger partial charge < -0.3 is 5.32 Å². The number of nitrogens with one attached hydrogen (secondary N) is 1. The molecule has 0 spiro atoms. The molecule has 1 aromatic heterocycles. The van der Waals surface area contributed by atoms with Crippen molar-refractivity contribution in [3.8, 4) is 0 Å². The molecule has 2 rings (SSSR count). The molecule has 2 nitrogen and oxygen atoms in total. The second-order valence-corrected chi connectivity index (χ2v) is 5.44. The highest BCUT2D eigenvalue weighted by atomic mass is 14.9. The zero-order valence-electron chi connectivity index (χ0n) is 11.8. The molecular weight excluding hydrogens is 220 g/mol. The highest BCUT2D eigenvalue weighted by Gasteiger charge is 2.24. The minimum absolute atomic E-state index is 0.464. The summed E-state index contributed by atoms with van der Waals surface area (Å²) in [5, 5.41) is 3.70. The highest BCUT2D eigenvalue weighted by molar-refractivity contribution is 5.23. The summed E-state index contributed by atoms with van der Waals surface area (Å²) in [6.07, 6.45) is 9.73. The van der Waals surface area contributed by atoms with E-state index in [-0.39, 0.29) is 0 Å². The molecule has 0 aromatic carbocycles. The van der Waals surface area contributed by atoms with E-state index < -0.39 is 0 Å². The van der Waals surface area contributed by atoms with E-state index in [1.807, 2.05) is 6.20 Å². The van der Waals surface area contributed by atoms with Gasteiger partial charge in [0.2, 0.25) is 0 Å². The van der Waals surface area contributed by atoms with E-state index in [2.05, 4.69) is 36.3 Å². The average molecular weight is 246 g/mol. The molecule has 0 amide bonds. The van der Waals surface area contributed by atoms with E-state index in [9.17, 15) is 0 Å². The van der Waals surface area contributed by atoms with Crippen molar-refractivity contribution in [2.75, 3.05) is 6.54 Å². The number of hydrogen-bond acceptors (Lipinski definition) is 2. The van der Waals surface area contributed by atoms with E-state index in [0.717, 1.165) is 18.9 Å². The molecule has 1 aliphatic carbocycles. The van der Waals surface area contributed by atoms with Crippen molar-refractivity contribution in [2.24, 2.45) is 5.92 Å². The Morgan fingerprint density at radius 3 is 2.83 bits per heavy atom. The third-order valence-corrected chi connectivity index (χ3v) is 4.07. The predicted octanol–water partition coefficient (Wildman–Crippen LogP) is 3.87. The summed E-state index contributed by atoms with van der Waals surface area (Å²) in [7, 11) is 0. The molecule has 1 aliphatic rings. The molecule has 1 unspecified atom stereocenters. The largest absolute Gasteiger partial charge is 0.309 e. The van der Waals surface area contributed by atoms with Crippen LogP contribution < -0.4 is 5.32 Å². The Hall–Kier alpha value is -0.890. The maximum atomic E-state index is 4.65. The maximum absolute atomic E-state index is 4.65. The lowest BCUT2D eigenvalue weighted by molar-refractivity contribution is 0.259. The van der Waals surface area contributed by atoms with E-state index in [1.165, 1.54) is 43.4 Å². The fourth-order valence-electron chi connectivity index (χ4n) is 2.74. The van der Waals surface area contributed by atoms with Crippen molar-refractivity contribution in [3.05, 3.63) is 29.6 Å². The van der Waals surface area contributed by atoms with Crippen molar-refractivity contribution < 1.29 is 0 Å². The van der Waals surface area contributed by atoms with Crippen molar-refractivity contribution in [1.82, 2.24) is 10.3 Å². The second-order valence-electron chi connectivity index (χ2n) is 5.44. The molecule has 0 bridgehead atoms. The number of pyridine rings is 1. The Kier molecular flexibility index (Phi) is 5.18. The number of hydrogen-bond donors (Lipinski definition) is 1. The van der Waals surface area contributed by atoms with Gasteiger partial charge in [0.25, 0.3) is 0 Å². The topological polar surface area (TPSA) is 24.9 Å². The Bertz CT molecular complexity index is 358. The SMILES string of the molecule is CCCNC(CC1CCC1)c1ncccc1CC. The van der Waals surface area contributed by atoms with Gasteiger partial charge >= 0.3 is 0 Å². The zero-order valence-corrected chi connectivity index (χ0v) is 11.8. The maximum Gasteiger partial charge on any atom is 0.0605 e. The van der Waals surface area contributed by atoms with Gasteiger partial charge in [-0.05, 0) is 43.4 Å². The Morgan fingerprint density at radius 2 is 2.22 bits per heavy atom. The van der Waals surface area contributed by atoms with Gasteiger partial charge in [-0.25, -0.2) is 0 Å². The van der Waals surface area contributed by atoms with Crippen molar-refractivity contribution in [1.29, 1.82) is 0 Å². The van der Waals surface area contributed by atoms with Crippen LogP contribution >= 0.6 is 0 Å². The minimum atomic E-state index is 0.464. The van der Waals surface area contributed by atoms with Gasteiger partial charge in [-0.1, -0.05) is 39.2 Å². The normalized spacial score (nSPS) is 17.4. The summed E-state index contributed by atoms with van der Waals surface area (Å²) in [6.45, 7) is 5.55. The molecule has 0 aliphatic heterocycles. The monoisotopic (exact) mass is 246 g/mol. The number of aromatic nitrogens is 1. The Balaban J connectivity index is 2.09. The molecule has 1 saturated carbocycles. The van der Waals surface area contributed by atoms with Crippen LogP contribution in [0.4, 0.5) is 0 Å². The van der Waals surface area contributed by atoms with Crippen LogP contribution in [0.5, 0.6) is 0 Å². The summed E-state index contributed by atoms with van der Waals surface area (Å²) in [5.41, 5.74) is 2.70. The zero-order chi connectivity index (χ0) is 12.8. The van der Waals surface area contributed by atoms with Crippen molar-refractivity contribution in [2.45, 2.75) is 58.4 Å². The molecule has 0 saturated heterocycles. The summed E-state index contributed by atoms with van der Waals surface area (Å²) in [4.78, 5) is 4.65. The van der Waals surface area contributed by atoms with Crippen LogP contribution in [-0.2, 0) is 6.42 Å². The third-order valence-electron chi connectivity index (χ3n) is 4.07. The van der Waals surface area contributed by atoms with E-state index >= 15 is 0 Å². The van der Waals surface area contributed by atoms with Gasteiger partial charge in [0.1, 0.15) is 0 Å². The first-order valence-electron chi connectivity index (χ1n) is 7.52. The summed E-state index contributed by atoms with van der Waals surface area (Å²) >= 11 is 0. The first kappa shape index (κ1) is 13.5. The lowest BCUT2D eigenvalue weighted by Gasteiger charge is -2.30. The smallest absolute Gasteiger partial charge is 0.0605 e. The summed E-state index contributed by atoms with van der Waals surface area (Å²) in [6, 6.07) is 4.75. The first-order chi connectivity index (χ1) is 8.85. The van der Waals surface area contributed by atoms with E-state index in [1.54, 1.807) is 0 Å². The molecule has 1 heterocycles. The minimum Gasteiger partial charge on any atom is -0.309 e. The summed E-state index contributed by atoms with van der Waals surface area (Å²) in [5.74, 6) is 0.922. The van der Waals surface area contributed by atoms with E-state index in [0.29, 0.717) is 6.04 Å². The van der Waals surface area contributed by atoms with Crippen LogP contribution in [0.3, 0.4) is 0 Å². The second kappa shape index (κ2) is 6.89. The van der Waals surface area contributed by atoms with Crippen LogP contribution in [0, 0.1) is 5.92 Å². The first-order valence-corrected chi connectivity index (χ1v) is 7.52. The van der Waals surface area contributed by atoms with Crippen LogP contribution in [-0.4, -0.2) is 11.5 Å². The predicted molar refractivity (Wildman–Crippen MR) is 76.6 cm³/mol.